The third-order valence-electron chi connectivity index (χ3n) is 4.60. The topological polar surface area (TPSA) is 51.0 Å². The Labute approximate surface area is 157 Å². The number of carbonyl (C=O) groups is 1. The Kier molecular flexibility index (Phi) is 4.75. The molecule has 6 heteroatoms. The maximum absolute atomic E-state index is 12.7. The van der Waals surface area contributed by atoms with Gasteiger partial charge >= 0.3 is 0 Å². The molecule has 0 N–H and O–H groups in total. The molecule has 0 saturated carbocycles. The minimum Gasteiger partial charge on any atom is -0.311 e. The number of benzene rings is 2. The molecule has 0 fully saturated rings. The number of fused-ring (bicyclic) bond motifs is 1. The number of thioether (sulfide) groups is 1. The van der Waals surface area contributed by atoms with Crippen LogP contribution < -0.4 is 4.90 Å². The molecule has 1 aliphatic rings. The Bertz CT molecular complexity index is 923. The molecule has 2 aromatic carbocycles. The third kappa shape index (κ3) is 3.37. The van der Waals surface area contributed by atoms with Crippen LogP contribution in [-0.2, 0) is 17.8 Å². The summed E-state index contributed by atoms with van der Waals surface area (Å²) in [6.07, 6.45) is 0.926. The highest BCUT2D eigenvalue weighted by molar-refractivity contribution is 7.99. The fraction of sp³-hybridized carbons (Fsp3) is 0.250. The number of hydrogen-bond donors (Lipinski definition) is 0. The van der Waals surface area contributed by atoms with Crippen molar-refractivity contribution in [3.05, 3.63) is 71.5 Å². The summed E-state index contributed by atoms with van der Waals surface area (Å²) in [4.78, 5) is 14.6. The summed E-state index contributed by atoms with van der Waals surface area (Å²) in [5.74, 6) is 1.34. The Morgan fingerprint density at radius 1 is 1.08 bits per heavy atom. The number of amides is 1. The number of carbonyl (C=O) groups excluding carboxylic acids is 1. The second-order valence-corrected chi connectivity index (χ2v) is 7.26. The molecule has 0 bridgehead atoms. The Morgan fingerprint density at radius 2 is 1.85 bits per heavy atom. The Balaban J connectivity index is 1.45. The van der Waals surface area contributed by atoms with Crippen molar-refractivity contribution in [1.82, 2.24) is 14.8 Å². The second kappa shape index (κ2) is 7.33. The van der Waals surface area contributed by atoms with Gasteiger partial charge in [0, 0.05) is 12.2 Å². The monoisotopic (exact) mass is 364 g/mol. The van der Waals surface area contributed by atoms with Gasteiger partial charge in [-0.25, -0.2) is 0 Å². The van der Waals surface area contributed by atoms with E-state index >= 15 is 0 Å². The van der Waals surface area contributed by atoms with Crippen LogP contribution in [0.2, 0.25) is 0 Å². The Morgan fingerprint density at radius 3 is 2.69 bits per heavy atom. The SMILES string of the molecule is Cc1nnc(SCC(=O)N2CCc3ccccc32)n1Cc1ccccc1. The lowest BCUT2D eigenvalue weighted by molar-refractivity contribution is -0.116. The van der Waals surface area contributed by atoms with Crippen LogP contribution in [0.5, 0.6) is 0 Å². The van der Waals surface area contributed by atoms with Crippen LogP contribution in [0.3, 0.4) is 0 Å². The van der Waals surface area contributed by atoms with E-state index in [1.54, 1.807) is 0 Å². The van der Waals surface area contributed by atoms with Crippen molar-refractivity contribution in [2.45, 2.75) is 25.0 Å². The van der Waals surface area contributed by atoms with E-state index in [0.717, 1.165) is 29.6 Å². The van der Waals surface area contributed by atoms with Gasteiger partial charge in [0.2, 0.25) is 5.91 Å². The molecule has 26 heavy (non-hydrogen) atoms. The third-order valence-corrected chi connectivity index (χ3v) is 5.55. The highest BCUT2D eigenvalue weighted by Gasteiger charge is 2.24. The van der Waals surface area contributed by atoms with Crippen LogP contribution in [0.4, 0.5) is 5.69 Å². The molecule has 0 spiro atoms. The molecular formula is C20H20N4OS. The van der Waals surface area contributed by atoms with Crippen molar-refractivity contribution in [3.8, 4) is 0 Å². The van der Waals surface area contributed by atoms with Gasteiger partial charge in [-0.2, -0.15) is 0 Å². The average Bonchev–Trinajstić information content (AvgIpc) is 3.25. The Hall–Kier alpha value is -2.60. The summed E-state index contributed by atoms with van der Waals surface area (Å²) in [6, 6.07) is 18.3. The van der Waals surface area contributed by atoms with E-state index < -0.39 is 0 Å². The highest BCUT2D eigenvalue weighted by Crippen LogP contribution is 2.28. The predicted molar refractivity (Wildman–Crippen MR) is 104 cm³/mol. The molecular weight excluding hydrogens is 344 g/mol. The predicted octanol–water partition coefficient (Wildman–Crippen LogP) is 3.32. The van der Waals surface area contributed by atoms with E-state index in [1.807, 2.05) is 48.2 Å². The minimum absolute atomic E-state index is 0.117. The molecule has 3 aromatic rings. The molecule has 0 radical (unpaired) electrons. The first-order valence-electron chi connectivity index (χ1n) is 8.67. The minimum atomic E-state index is 0.117. The normalized spacial score (nSPS) is 13.0. The van der Waals surface area contributed by atoms with Crippen molar-refractivity contribution in [1.29, 1.82) is 0 Å². The molecule has 0 unspecified atom stereocenters. The second-order valence-electron chi connectivity index (χ2n) is 6.31. The van der Waals surface area contributed by atoms with Gasteiger partial charge in [0.1, 0.15) is 5.82 Å². The first-order valence-corrected chi connectivity index (χ1v) is 9.66. The van der Waals surface area contributed by atoms with Gasteiger partial charge < -0.3 is 9.47 Å². The van der Waals surface area contributed by atoms with E-state index in [9.17, 15) is 4.79 Å². The summed E-state index contributed by atoms with van der Waals surface area (Å²) in [5, 5.41) is 9.24. The first-order chi connectivity index (χ1) is 12.7. The molecule has 0 aliphatic carbocycles. The number of nitrogens with zero attached hydrogens (tertiary/aromatic N) is 4. The number of anilines is 1. The molecule has 2 heterocycles. The fourth-order valence-corrected chi connectivity index (χ4v) is 4.08. The number of hydrogen-bond acceptors (Lipinski definition) is 4. The lowest BCUT2D eigenvalue weighted by Crippen LogP contribution is -2.30. The van der Waals surface area contributed by atoms with Crippen molar-refractivity contribution in [2.75, 3.05) is 17.2 Å². The molecule has 0 atom stereocenters. The maximum Gasteiger partial charge on any atom is 0.237 e. The molecule has 5 nitrogen and oxygen atoms in total. The van der Waals surface area contributed by atoms with Gasteiger partial charge in [-0.1, -0.05) is 60.3 Å². The van der Waals surface area contributed by atoms with Crippen molar-refractivity contribution in [2.24, 2.45) is 0 Å². The highest BCUT2D eigenvalue weighted by atomic mass is 32.2. The summed E-state index contributed by atoms with van der Waals surface area (Å²) < 4.78 is 2.06. The molecule has 1 aromatic heterocycles. The average molecular weight is 364 g/mol. The quantitative estimate of drug-likeness (QED) is 0.652. The maximum atomic E-state index is 12.7. The lowest BCUT2D eigenvalue weighted by Gasteiger charge is -2.17. The van der Waals surface area contributed by atoms with Crippen LogP contribution in [0.1, 0.15) is 17.0 Å². The summed E-state index contributed by atoms with van der Waals surface area (Å²) in [5.41, 5.74) is 3.48. The van der Waals surface area contributed by atoms with Gasteiger partial charge in [0.15, 0.2) is 5.16 Å². The fourth-order valence-electron chi connectivity index (χ4n) is 3.22. The van der Waals surface area contributed by atoms with Crippen molar-refractivity contribution >= 4 is 23.4 Å². The largest absolute Gasteiger partial charge is 0.311 e. The van der Waals surface area contributed by atoms with Crippen LogP contribution in [0.25, 0.3) is 0 Å². The smallest absolute Gasteiger partial charge is 0.237 e. The molecule has 1 amide bonds. The van der Waals surface area contributed by atoms with E-state index in [-0.39, 0.29) is 5.91 Å². The lowest BCUT2D eigenvalue weighted by atomic mass is 10.2. The summed E-state index contributed by atoms with van der Waals surface area (Å²) in [6.45, 7) is 3.41. The number of para-hydroxylation sites is 1. The number of aromatic nitrogens is 3. The van der Waals surface area contributed by atoms with Gasteiger partial charge in [0.05, 0.1) is 12.3 Å². The van der Waals surface area contributed by atoms with Gasteiger partial charge in [-0.15, -0.1) is 10.2 Å². The van der Waals surface area contributed by atoms with E-state index in [4.69, 9.17) is 0 Å². The number of rotatable bonds is 5. The summed E-state index contributed by atoms with van der Waals surface area (Å²) in [7, 11) is 0. The molecule has 1 aliphatic heterocycles. The zero-order valence-electron chi connectivity index (χ0n) is 14.6. The van der Waals surface area contributed by atoms with E-state index in [2.05, 4.69) is 33.0 Å². The zero-order valence-corrected chi connectivity index (χ0v) is 15.4. The van der Waals surface area contributed by atoms with Crippen LogP contribution in [0, 0.1) is 6.92 Å². The van der Waals surface area contributed by atoms with E-state index in [1.165, 1.54) is 22.9 Å². The van der Waals surface area contributed by atoms with Crippen molar-refractivity contribution < 1.29 is 4.79 Å². The van der Waals surface area contributed by atoms with Gasteiger partial charge in [-0.05, 0) is 30.5 Å². The zero-order chi connectivity index (χ0) is 17.9. The van der Waals surface area contributed by atoms with E-state index in [0.29, 0.717) is 12.3 Å². The van der Waals surface area contributed by atoms with Gasteiger partial charge in [-0.3, -0.25) is 4.79 Å². The summed E-state index contributed by atoms with van der Waals surface area (Å²) >= 11 is 1.45. The van der Waals surface area contributed by atoms with Gasteiger partial charge in [0.25, 0.3) is 0 Å². The van der Waals surface area contributed by atoms with Crippen LogP contribution >= 0.6 is 11.8 Å². The molecule has 4 rings (SSSR count). The first kappa shape index (κ1) is 16.8. The molecule has 132 valence electrons. The van der Waals surface area contributed by atoms with Crippen LogP contribution in [0.15, 0.2) is 59.8 Å². The van der Waals surface area contributed by atoms with Crippen molar-refractivity contribution in [3.63, 3.8) is 0 Å². The number of aryl methyl sites for hydroxylation is 1. The standard InChI is InChI=1S/C20H20N4OS/c1-15-21-22-20(24(15)13-16-7-3-2-4-8-16)26-14-19(25)23-12-11-17-9-5-6-10-18(17)23/h2-10H,11-14H2,1H3. The van der Waals surface area contributed by atoms with Crippen LogP contribution in [-0.4, -0.2) is 33.0 Å². The molecule has 0 saturated heterocycles.